The second kappa shape index (κ2) is 3.81. The van der Waals surface area contributed by atoms with Crippen LogP contribution in [-0.2, 0) is 0 Å². The van der Waals surface area contributed by atoms with Gasteiger partial charge in [-0.3, -0.25) is 0 Å². The van der Waals surface area contributed by atoms with Crippen molar-refractivity contribution in [2.24, 2.45) is 0 Å². The van der Waals surface area contributed by atoms with Gasteiger partial charge in [0.1, 0.15) is 17.3 Å². The predicted octanol–water partition coefficient (Wildman–Crippen LogP) is 2.92. The molecule has 0 aromatic heterocycles. The molecule has 3 N–H and O–H groups in total. The van der Waals surface area contributed by atoms with E-state index in [-0.39, 0.29) is 11.3 Å². The van der Waals surface area contributed by atoms with Crippen molar-refractivity contribution < 1.29 is 13.9 Å². The molecule has 2 rings (SSSR count). The smallest absolute Gasteiger partial charge is 0.156 e. The molecule has 4 heteroatoms. The Bertz CT molecular complexity index is 541. The zero-order valence-electron chi connectivity index (χ0n) is 8.24. The average Bonchev–Trinajstić information content (AvgIpc) is 2.26. The molecule has 0 unspecified atom stereocenters. The fourth-order valence-electron chi connectivity index (χ4n) is 1.47. The highest BCUT2D eigenvalue weighted by molar-refractivity contribution is 5.69. The molecule has 16 heavy (non-hydrogen) atoms. The number of benzene rings is 2. The monoisotopic (exact) mass is 221 g/mol. The quantitative estimate of drug-likeness (QED) is 0.727. The Morgan fingerprint density at radius 3 is 2.50 bits per heavy atom. The minimum Gasteiger partial charge on any atom is -0.508 e. The molecule has 0 fully saturated rings. The first-order valence-corrected chi connectivity index (χ1v) is 4.62. The molecule has 82 valence electrons. The first-order valence-electron chi connectivity index (χ1n) is 4.62. The Morgan fingerprint density at radius 1 is 1.06 bits per heavy atom. The minimum absolute atomic E-state index is 0.0137. The van der Waals surface area contributed by atoms with E-state index in [2.05, 4.69) is 0 Å². The molecule has 0 saturated carbocycles. The fourth-order valence-corrected chi connectivity index (χ4v) is 1.47. The fraction of sp³-hybridized carbons (Fsp3) is 0. The highest BCUT2D eigenvalue weighted by Crippen LogP contribution is 2.29. The van der Waals surface area contributed by atoms with E-state index < -0.39 is 17.3 Å². The maximum atomic E-state index is 13.6. The van der Waals surface area contributed by atoms with Gasteiger partial charge in [-0.2, -0.15) is 0 Å². The van der Waals surface area contributed by atoms with E-state index in [0.29, 0.717) is 5.56 Å². The number of nitrogens with two attached hydrogens (primary N) is 1. The number of phenolic OH excluding ortho intramolecular Hbond substituents is 1. The van der Waals surface area contributed by atoms with Gasteiger partial charge in [0.15, 0.2) is 5.82 Å². The lowest BCUT2D eigenvalue weighted by Crippen LogP contribution is -1.97. The summed E-state index contributed by atoms with van der Waals surface area (Å²) in [5.74, 6) is -1.59. The third kappa shape index (κ3) is 1.69. The third-order valence-corrected chi connectivity index (χ3v) is 2.28. The lowest BCUT2D eigenvalue weighted by molar-refractivity contribution is 0.475. The van der Waals surface area contributed by atoms with Crippen molar-refractivity contribution in [3.63, 3.8) is 0 Å². The first-order chi connectivity index (χ1) is 7.59. The van der Waals surface area contributed by atoms with Gasteiger partial charge in [-0.15, -0.1) is 0 Å². The normalized spacial score (nSPS) is 10.4. The van der Waals surface area contributed by atoms with E-state index in [0.717, 1.165) is 6.07 Å². The Hall–Kier alpha value is -2.10. The van der Waals surface area contributed by atoms with Crippen LogP contribution in [0.5, 0.6) is 5.75 Å². The van der Waals surface area contributed by atoms with Crippen LogP contribution in [0.3, 0.4) is 0 Å². The van der Waals surface area contributed by atoms with Gasteiger partial charge in [0, 0.05) is 5.56 Å². The van der Waals surface area contributed by atoms with Crippen molar-refractivity contribution in [1.82, 2.24) is 0 Å². The van der Waals surface area contributed by atoms with Crippen LogP contribution >= 0.6 is 0 Å². The molecule has 0 saturated heterocycles. The van der Waals surface area contributed by atoms with E-state index in [1.807, 2.05) is 0 Å². The Kier molecular flexibility index (Phi) is 2.48. The van der Waals surface area contributed by atoms with Crippen molar-refractivity contribution in [2.75, 3.05) is 5.73 Å². The Labute approximate surface area is 91.0 Å². The third-order valence-electron chi connectivity index (χ3n) is 2.28. The summed E-state index contributed by atoms with van der Waals surface area (Å²) in [5.41, 5.74) is 5.34. The number of anilines is 1. The van der Waals surface area contributed by atoms with Gasteiger partial charge < -0.3 is 10.8 Å². The molecule has 0 radical (unpaired) electrons. The van der Waals surface area contributed by atoms with E-state index in [1.165, 1.54) is 18.2 Å². The van der Waals surface area contributed by atoms with Crippen molar-refractivity contribution >= 4 is 5.69 Å². The Balaban J connectivity index is 2.61. The van der Waals surface area contributed by atoms with E-state index in [4.69, 9.17) is 5.73 Å². The van der Waals surface area contributed by atoms with Gasteiger partial charge in [0.05, 0.1) is 0 Å². The zero-order valence-corrected chi connectivity index (χ0v) is 8.24. The van der Waals surface area contributed by atoms with E-state index in [9.17, 15) is 13.9 Å². The van der Waals surface area contributed by atoms with Crippen LogP contribution in [0.1, 0.15) is 0 Å². The number of aromatic hydroxyl groups is 1. The minimum atomic E-state index is -0.814. The molecule has 2 nitrogen and oxygen atoms in total. The molecule has 0 bridgehead atoms. The van der Waals surface area contributed by atoms with Crippen molar-refractivity contribution in [1.29, 1.82) is 0 Å². The summed E-state index contributed by atoms with van der Waals surface area (Å²) >= 11 is 0. The van der Waals surface area contributed by atoms with Gasteiger partial charge in [0.2, 0.25) is 0 Å². The van der Waals surface area contributed by atoms with Crippen molar-refractivity contribution in [3.05, 3.63) is 48.0 Å². The molecule has 0 aliphatic heterocycles. The number of hydrogen-bond donors (Lipinski definition) is 2. The van der Waals surface area contributed by atoms with Crippen molar-refractivity contribution in [3.8, 4) is 16.9 Å². The summed E-state index contributed by atoms with van der Waals surface area (Å²) < 4.78 is 26.6. The van der Waals surface area contributed by atoms with Gasteiger partial charge >= 0.3 is 0 Å². The van der Waals surface area contributed by atoms with Crippen molar-refractivity contribution in [2.45, 2.75) is 0 Å². The highest BCUT2D eigenvalue weighted by atomic mass is 19.1. The molecule has 0 spiro atoms. The average molecular weight is 221 g/mol. The molecular weight excluding hydrogens is 212 g/mol. The number of hydrogen-bond acceptors (Lipinski definition) is 2. The van der Waals surface area contributed by atoms with Crippen LogP contribution in [0, 0.1) is 11.6 Å². The van der Waals surface area contributed by atoms with Crippen LogP contribution in [0.4, 0.5) is 14.5 Å². The van der Waals surface area contributed by atoms with Gasteiger partial charge in [0.25, 0.3) is 0 Å². The van der Waals surface area contributed by atoms with Crippen LogP contribution in [0.2, 0.25) is 0 Å². The summed E-state index contributed by atoms with van der Waals surface area (Å²) in [4.78, 5) is 0. The number of halogens is 2. The molecule has 0 amide bonds. The van der Waals surface area contributed by atoms with E-state index >= 15 is 0 Å². The number of rotatable bonds is 1. The second-order valence-corrected chi connectivity index (χ2v) is 3.37. The molecule has 0 heterocycles. The van der Waals surface area contributed by atoms with E-state index in [1.54, 1.807) is 12.1 Å². The second-order valence-electron chi connectivity index (χ2n) is 3.37. The largest absolute Gasteiger partial charge is 0.508 e. The predicted molar refractivity (Wildman–Crippen MR) is 57.9 cm³/mol. The maximum Gasteiger partial charge on any atom is 0.156 e. The standard InChI is InChI=1S/C12H9F2NO/c13-10-5-4-9(11(14)12(10)15)7-2-1-3-8(16)6-7/h1-6,16H,15H2. The summed E-state index contributed by atoms with van der Waals surface area (Å²) in [6.45, 7) is 0. The summed E-state index contributed by atoms with van der Waals surface area (Å²) in [6, 6.07) is 8.41. The SMILES string of the molecule is Nc1c(F)ccc(-c2cccc(O)c2)c1F. The van der Waals surface area contributed by atoms with Gasteiger partial charge in [-0.25, -0.2) is 8.78 Å². The van der Waals surface area contributed by atoms with Crippen LogP contribution < -0.4 is 5.73 Å². The summed E-state index contributed by atoms with van der Waals surface area (Å²) in [7, 11) is 0. The first kappa shape index (κ1) is 10.4. The van der Waals surface area contributed by atoms with Crippen LogP contribution in [-0.4, -0.2) is 5.11 Å². The number of phenols is 1. The van der Waals surface area contributed by atoms with Crippen LogP contribution in [0.25, 0.3) is 11.1 Å². The van der Waals surface area contributed by atoms with Crippen LogP contribution in [0.15, 0.2) is 36.4 Å². The molecular formula is C12H9F2NO. The molecule has 2 aromatic rings. The maximum absolute atomic E-state index is 13.6. The van der Waals surface area contributed by atoms with Gasteiger partial charge in [-0.05, 0) is 29.8 Å². The zero-order chi connectivity index (χ0) is 11.7. The lowest BCUT2D eigenvalue weighted by atomic mass is 10.0. The molecule has 0 aliphatic rings. The highest BCUT2D eigenvalue weighted by Gasteiger charge is 2.12. The summed E-state index contributed by atoms with van der Waals surface area (Å²) in [5, 5.41) is 9.26. The molecule has 0 aliphatic carbocycles. The summed E-state index contributed by atoms with van der Waals surface area (Å²) in [6.07, 6.45) is 0. The molecule has 2 aromatic carbocycles. The van der Waals surface area contributed by atoms with Gasteiger partial charge in [-0.1, -0.05) is 12.1 Å². The number of nitrogen functional groups attached to an aromatic ring is 1. The Morgan fingerprint density at radius 2 is 1.81 bits per heavy atom. The molecule has 0 atom stereocenters. The topological polar surface area (TPSA) is 46.2 Å². The lowest BCUT2D eigenvalue weighted by Gasteiger charge is -2.06.